The fourth-order valence-corrected chi connectivity index (χ4v) is 7.26. The Bertz CT molecular complexity index is 1770. The Kier molecular flexibility index (Phi) is 7.35. The third-order valence-electron chi connectivity index (χ3n) is 7.29. The molecule has 5 aromatic rings. The van der Waals surface area contributed by atoms with E-state index in [2.05, 4.69) is 9.97 Å². The van der Waals surface area contributed by atoms with Gasteiger partial charge in [-0.1, -0.05) is 29.8 Å². The largest absolute Gasteiger partial charge is 0.511 e. The number of thiazole rings is 1. The van der Waals surface area contributed by atoms with Crippen LogP contribution in [-0.4, -0.2) is 50.8 Å². The SMILES string of the molecule is O=S(=O)(N1CCC(n2c(-c3cccnc3)nc3ccc(C(c4ccc(Cl)cc4)c4nccs4)cc32)CC1)C(F)(F)F. The number of alkyl halides is 3. The number of piperidine rings is 1. The van der Waals surface area contributed by atoms with Crippen LogP contribution in [0, 0.1) is 0 Å². The quantitative estimate of drug-likeness (QED) is 0.208. The predicted octanol–water partition coefficient (Wildman–Crippen LogP) is 6.87. The van der Waals surface area contributed by atoms with Crippen molar-refractivity contribution in [3.05, 3.63) is 99.7 Å². The normalized spacial score (nSPS) is 16.3. The fraction of sp³-hybridized carbons (Fsp3) is 0.250. The highest BCUT2D eigenvalue weighted by Crippen LogP contribution is 2.39. The van der Waals surface area contributed by atoms with Gasteiger partial charge in [0.2, 0.25) is 0 Å². The van der Waals surface area contributed by atoms with E-state index in [4.69, 9.17) is 16.6 Å². The summed E-state index contributed by atoms with van der Waals surface area (Å²) in [6, 6.07) is 17.0. The molecule has 7 nitrogen and oxygen atoms in total. The third-order valence-corrected chi connectivity index (χ3v) is 10.0. The van der Waals surface area contributed by atoms with Crippen LogP contribution in [0.15, 0.2) is 78.6 Å². The zero-order valence-corrected chi connectivity index (χ0v) is 23.8. The van der Waals surface area contributed by atoms with Crippen molar-refractivity contribution in [2.24, 2.45) is 0 Å². The molecule has 0 amide bonds. The predicted molar refractivity (Wildman–Crippen MR) is 152 cm³/mol. The number of nitrogens with zero attached hydrogens (tertiary/aromatic N) is 5. The number of benzene rings is 2. The molecule has 41 heavy (non-hydrogen) atoms. The van der Waals surface area contributed by atoms with Gasteiger partial charge in [0.1, 0.15) is 10.8 Å². The minimum atomic E-state index is -5.39. The molecule has 13 heteroatoms. The van der Waals surface area contributed by atoms with Crippen LogP contribution in [0.25, 0.3) is 22.4 Å². The second-order valence-electron chi connectivity index (χ2n) is 9.73. The average Bonchev–Trinajstić information content (AvgIpc) is 3.63. The first-order chi connectivity index (χ1) is 19.6. The van der Waals surface area contributed by atoms with Crippen molar-refractivity contribution in [2.45, 2.75) is 30.3 Å². The summed E-state index contributed by atoms with van der Waals surface area (Å²) < 4.78 is 66.3. The van der Waals surface area contributed by atoms with E-state index in [0.717, 1.165) is 27.2 Å². The van der Waals surface area contributed by atoms with Gasteiger partial charge in [-0.2, -0.15) is 17.5 Å². The smallest absolute Gasteiger partial charge is 0.321 e. The number of rotatable bonds is 6. The number of hydrogen-bond donors (Lipinski definition) is 0. The van der Waals surface area contributed by atoms with Crippen molar-refractivity contribution in [1.82, 2.24) is 23.8 Å². The van der Waals surface area contributed by atoms with Gasteiger partial charge in [0, 0.05) is 53.7 Å². The monoisotopic (exact) mass is 617 g/mol. The van der Waals surface area contributed by atoms with Crippen LogP contribution < -0.4 is 0 Å². The molecular formula is C28H23ClF3N5O2S2. The first kappa shape index (κ1) is 27.8. The summed E-state index contributed by atoms with van der Waals surface area (Å²) in [5.74, 6) is 0.445. The summed E-state index contributed by atoms with van der Waals surface area (Å²) >= 11 is 7.70. The summed E-state index contributed by atoms with van der Waals surface area (Å²) in [5, 5.41) is 3.45. The van der Waals surface area contributed by atoms with Crippen molar-refractivity contribution in [1.29, 1.82) is 0 Å². The average molecular weight is 618 g/mol. The first-order valence-electron chi connectivity index (χ1n) is 12.8. The molecule has 0 aliphatic carbocycles. The van der Waals surface area contributed by atoms with Crippen LogP contribution in [0.1, 0.15) is 40.9 Å². The van der Waals surface area contributed by atoms with Crippen LogP contribution in [0.2, 0.25) is 5.02 Å². The Balaban J connectivity index is 1.46. The molecule has 3 aromatic heterocycles. The summed E-state index contributed by atoms with van der Waals surface area (Å²) in [7, 11) is -5.39. The van der Waals surface area contributed by atoms with E-state index < -0.39 is 15.5 Å². The van der Waals surface area contributed by atoms with Crippen LogP contribution in [0.3, 0.4) is 0 Å². The van der Waals surface area contributed by atoms with Crippen LogP contribution in [-0.2, 0) is 10.0 Å². The van der Waals surface area contributed by atoms with Crippen molar-refractivity contribution in [3.63, 3.8) is 0 Å². The summed E-state index contributed by atoms with van der Waals surface area (Å²) in [6.07, 6.45) is 5.50. The molecule has 0 N–H and O–H groups in total. The summed E-state index contributed by atoms with van der Waals surface area (Å²) in [5.41, 5.74) is -1.09. The standard InChI is InChI=1S/C28H23ClF3N5O2S2/c29-21-6-3-18(4-7-21)25(27-34-12-15-40-27)19-5-8-23-24(16-19)37(26(35-23)20-2-1-11-33-17-20)22-9-13-36(14-10-22)41(38,39)28(30,31)32/h1-8,11-12,15-17,22,25H,9-10,13-14H2. The van der Waals surface area contributed by atoms with E-state index in [9.17, 15) is 21.6 Å². The molecule has 4 heterocycles. The Morgan fingerprint density at radius 2 is 1.73 bits per heavy atom. The van der Waals surface area contributed by atoms with Crippen molar-refractivity contribution in [2.75, 3.05) is 13.1 Å². The number of sulfonamides is 1. The number of halogens is 4. The number of fused-ring (bicyclic) bond motifs is 1. The molecule has 1 aliphatic heterocycles. The van der Waals surface area contributed by atoms with Gasteiger partial charge in [-0.05, 0) is 60.4 Å². The highest BCUT2D eigenvalue weighted by atomic mass is 35.5. The molecule has 0 radical (unpaired) electrons. The molecular weight excluding hydrogens is 595 g/mol. The molecule has 2 aromatic carbocycles. The van der Waals surface area contributed by atoms with Gasteiger partial charge in [-0.25, -0.2) is 18.4 Å². The summed E-state index contributed by atoms with van der Waals surface area (Å²) in [4.78, 5) is 13.7. The van der Waals surface area contributed by atoms with Gasteiger partial charge in [-0.15, -0.1) is 11.3 Å². The Labute approximate surface area is 243 Å². The molecule has 6 rings (SSSR count). The zero-order chi connectivity index (χ0) is 28.8. The Morgan fingerprint density at radius 1 is 1.00 bits per heavy atom. The lowest BCUT2D eigenvalue weighted by Gasteiger charge is -2.33. The minimum Gasteiger partial charge on any atom is -0.321 e. The minimum absolute atomic E-state index is 0.180. The number of aromatic nitrogens is 4. The number of imidazole rings is 1. The molecule has 212 valence electrons. The van der Waals surface area contributed by atoms with Gasteiger partial charge in [-0.3, -0.25) is 4.98 Å². The van der Waals surface area contributed by atoms with Crippen molar-refractivity contribution < 1.29 is 21.6 Å². The van der Waals surface area contributed by atoms with Gasteiger partial charge in [0.05, 0.1) is 17.0 Å². The fourth-order valence-electron chi connectivity index (χ4n) is 5.35. The van der Waals surface area contributed by atoms with Crippen LogP contribution in [0.4, 0.5) is 13.2 Å². The van der Waals surface area contributed by atoms with Gasteiger partial charge < -0.3 is 4.57 Å². The van der Waals surface area contributed by atoms with E-state index in [1.807, 2.05) is 58.5 Å². The van der Waals surface area contributed by atoms with Crippen molar-refractivity contribution in [3.8, 4) is 11.4 Å². The van der Waals surface area contributed by atoms with E-state index in [1.165, 1.54) is 11.3 Å². The molecule has 1 fully saturated rings. The lowest BCUT2D eigenvalue weighted by Crippen LogP contribution is -2.45. The molecule has 0 spiro atoms. The molecule has 1 unspecified atom stereocenters. The lowest BCUT2D eigenvalue weighted by atomic mass is 9.91. The van der Waals surface area contributed by atoms with Crippen LogP contribution in [0.5, 0.6) is 0 Å². The van der Waals surface area contributed by atoms with Crippen LogP contribution >= 0.6 is 22.9 Å². The second-order valence-corrected chi connectivity index (χ2v) is 13.0. The number of pyridine rings is 1. The van der Waals surface area contributed by atoms with Gasteiger partial charge in [0.15, 0.2) is 0 Å². The van der Waals surface area contributed by atoms with Gasteiger partial charge in [0.25, 0.3) is 0 Å². The van der Waals surface area contributed by atoms with E-state index in [-0.39, 0.29) is 37.9 Å². The van der Waals surface area contributed by atoms with E-state index in [1.54, 1.807) is 24.7 Å². The first-order valence-corrected chi connectivity index (χ1v) is 15.5. The Hall–Kier alpha value is -3.32. The number of hydrogen-bond acceptors (Lipinski definition) is 6. The topological polar surface area (TPSA) is 81.0 Å². The molecule has 1 saturated heterocycles. The third kappa shape index (κ3) is 5.25. The van der Waals surface area contributed by atoms with E-state index in [0.29, 0.717) is 20.7 Å². The maximum Gasteiger partial charge on any atom is 0.511 e. The molecule has 0 bridgehead atoms. The molecule has 0 saturated carbocycles. The summed E-state index contributed by atoms with van der Waals surface area (Å²) in [6.45, 7) is -0.490. The molecule has 1 atom stereocenters. The van der Waals surface area contributed by atoms with Crippen molar-refractivity contribution >= 4 is 44.0 Å². The lowest BCUT2D eigenvalue weighted by molar-refractivity contribution is -0.0496. The molecule has 1 aliphatic rings. The highest BCUT2D eigenvalue weighted by molar-refractivity contribution is 7.90. The zero-order valence-electron chi connectivity index (χ0n) is 21.4. The van der Waals surface area contributed by atoms with Gasteiger partial charge >= 0.3 is 15.5 Å². The maximum atomic E-state index is 13.2. The Morgan fingerprint density at radius 3 is 2.37 bits per heavy atom. The van der Waals surface area contributed by atoms with E-state index >= 15 is 0 Å². The maximum absolute atomic E-state index is 13.2. The second kappa shape index (κ2) is 10.8. The highest BCUT2D eigenvalue weighted by Gasteiger charge is 2.50.